The number of halogens is 3. The highest BCUT2D eigenvalue weighted by molar-refractivity contribution is 5.47. The molecule has 1 atom stereocenters. The fraction of sp³-hybridized carbons (Fsp3) is 0.692. The van der Waals surface area contributed by atoms with E-state index in [4.69, 9.17) is 0 Å². The van der Waals surface area contributed by atoms with Gasteiger partial charge in [0.2, 0.25) is 5.82 Å². The molecule has 0 bridgehead atoms. The molecule has 1 heterocycles. The van der Waals surface area contributed by atoms with Gasteiger partial charge in [0.15, 0.2) is 0 Å². The zero-order chi connectivity index (χ0) is 15.6. The summed E-state index contributed by atoms with van der Waals surface area (Å²) in [5.41, 5.74) is 0. The van der Waals surface area contributed by atoms with Crippen LogP contribution in [-0.4, -0.2) is 47.6 Å². The highest BCUT2D eigenvalue weighted by atomic mass is 19.4. The molecule has 5 nitrogen and oxygen atoms in total. The predicted octanol–water partition coefficient (Wildman–Crippen LogP) is 2.43. The standard InChI is InChI=1S/C13H20F3N5/c1-8(21(3)9-4-5-9)7-18-11-6-10(17-2)19-12(20-11)13(14,15)16/h6,8-9H,4-5,7H2,1-3H3,(H2,17,18,19,20). The molecule has 0 aliphatic heterocycles. The fourth-order valence-electron chi connectivity index (χ4n) is 2.03. The van der Waals surface area contributed by atoms with Gasteiger partial charge in [-0.25, -0.2) is 9.97 Å². The highest BCUT2D eigenvalue weighted by Gasteiger charge is 2.35. The van der Waals surface area contributed by atoms with Crippen LogP contribution in [0.5, 0.6) is 0 Å². The number of likely N-dealkylation sites (N-methyl/N-ethyl adjacent to an activating group) is 1. The first-order chi connectivity index (χ1) is 9.81. The molecule has 0 amide bonds. The van der Waals surface area contributed by atoms with Crippen molar-refractivity contribution in [3.63, 3.8) is 0 Å². The van der Waals surface area contributed by atoms with Crippen molar-refractivity contribution in [2.24, 2.45) is 0 Å². The van der Waals surface area contributed by atoms with E-state index in [0.717, 1.165) is 0 Å². The van der Waals surface area contributed by atoms with E-state index < -0.39 is 12.0 Å². The number of rotatable bonds is 6. The van der Waals surface area contributed by atoms with Gasteiger partial charge in [0.05, 0.1) is 0 Å². The van der Waals surface area contributed by atoms with Gasteiger partial charge in [0, 0.05) is 31.7 Å². The predicted molar refractivity (Wildman–Crippen MR) is 75.3 cm³/mol. The summed E-state index contributed by atoms with van der Waals surface area (Å²) in [5, 5.41) is 5.58. The van der Waals surface area contributed by atoms with Crippen LogP contribution in [0.25, 0.3) is 0 Å². The molecule has 1 aliphatic rings. The Hall–Kier alpha value is -1.57. The van der Waals surface area contributed by atoms with E-state index in [0.29, 0.717) is 12.6 Å². The van der Waals surface area contributed by atoms with E-state index in [2.05, 4.69) is 25.5 Å². The fourth-order valence-corrected chi connectivity index (χ4v) is 2.03. The molecule has 0 aromatic carbocycles. The lowest BCUT2D eigenvalue weighted by Crippen LogP contribution is -2.36. The maximum absolute atomic E-state index is 12.7. The van der Waals surface area contributed by atoms with Crippen molar-refractivity contribution in [1.82, 2.24) is 14.9 Å². The van der Waals surface area contributed by atoms with E-state index in [1.54, 1.807) is 0 Å². The molecule has 21 heavy (non-hydrogen) atoms. The summed E-state index contributed by atoms with van der Waals surface area (Å²) in [6.45, 7) is 2.57. The van der Waals surface area contributed by atoms with Crippen molar-refractivity contribution in [3.05, 3.63) is 11.9 Å². The van der Waals surface area contributed by atoms with Gasteiger partial charge in [-0.3, -0.25) is 4.90 Å². The zero-order valence-corrected chi connectivity index (χ0v) is 12.3. The topological polar surface area (TPSA) is 53.1 Å². The normalized spacial score (nSPS) is 16.9. The molecule has 1 aromatic heterocycles. The van der Waals surface area contributed by atoms with E-state index in [1.807, 2.05) is 14.0 Å². The third-order valence-electron chi connectivity index (χ3n) is 3.63. The van der Waals surface area contributed by atoms with Crippen LogP contribution in [0.4, 0.5) is 24.8 Å². The molecule has 0 spiro atoms. The molecule has 0 saturated heterocycles. The van der Waals surface area contributed by atoms with E-state index in [9.17, 15) is 13.2 Å². The molecule has 2 N–H and O–H groups in total. The summed E-state index contributed by atoms with van der Waals surface area (Å²) >= 11 is 0. The van der Waals surface area contributed by atoms with E-state index >= 15 is 0 Å². The molecule has 118 valence electrons. The van der Waals surface area contributed by atoms with Crippen molar-refractivity contribution < 1.29 is 13.2 Å². The SMILES string of the molecule is CNc1cc(NCC(C)N(C)C2CC2)nc(C(F)(F)F)n1. The second kappa shape index (κ2) is 6.05. The first-order valence-corrected chi connectivity index (χ1v) is 6.91. The summed E-state index contributed by atoms with van der Waals surface area (Å²) in [6, 6.07) is 2.30. The minimum absolute atomic E-state index is 0.142. The van der Waals surface area contributed by atoms with Crippen LogP contribution in [0.3, 0.4) is 0 Å². The Kier molecular flexibility index (Phi) is 4.55. The number of anilines is 2. The highest BCUT2D eigenvalue weighted by Crippen LogP contribution is 2.29. The summed E-state index contributed by atoms with van der Waals surface area (Å²) in [7, 11) is 3.56. The van der Waals surface area contributed by atoms with Gasteiger partial charge >= 0.3 is 6.18 Å². The Morgan fingerprint density at radius 2 is 1.95 bits per heavy atom. The number of aromatic nitrogens is 2. The molecule has 0 radical (unpaired) electrons. The van der Waals surface area contributed by atoms with Gasteiger partial charge in [-0.1, -0.05) is 0 Å². The molecule has 1 aromatic rings. The molecule has 8 heteroatoms. The van der Waals surface area contributed by atoms with Crippen molar-refractivity contribution in [2.45, 2.75) is 38.0 Å². The van der Waals surface area contributed by atoms with Crippen LogP contribution in [0, 0.1) is 0 Å². The largest absolute Gasteiger partial charge is 0.451 e. The van der Waals surface area contributed by atoms with Crippen molar-refractivity contribution in [1.29, 1.82) is 0 Å². The van der Waals surface area contributed by atoms with Crippen molar-refractivity contribution in [2.75, 3.05) is 31.3 Å². The molecule has 1 aliphatic carbocycles. The Balaban J connectivity index is 2.04. The Labute approximate surface area is 122 Å². The number of hydrogen-bond acceptors (Lipinski definition) is 5. The number of nitrogens with zero attached hydrogens (tertiary/aromatic N) is 3. The maximum atomic E-state index is 12.7. The second-order valence-electron chi connectivity index (χ2n) is 5.34. The third-order valence-corrected chi connectivity index (χ3v) is 3.63. The number of alkyl halides is 3. The maximum Gasteiger partial charge on any atom is 0.451 e. The molecular formula is C13H20F3N5. The Morgan fingerprint density at radius 3 is 2.48 bits per heavy atom. The molecular weight excluding hydrogens is 283 g/mol. The monoisotopic (exact) mass is 303 g/mol. The Bertz CT molecular complexity index is 487. The van der Waals surface area contributed by atoms with E-state index in [-0.39, 0.29) is 17.7 Å². The second-order valence-corrected chi connectivity index (χ2v) is 5.34. The summed E-state index contributed by atoms with van der Waals surface area (Å²) in [4.78, 5) is 9.20. The molecule has 1 fully saturated rings. The van der Waals surface area contributed by atoms with Gasteiger partial charge in [0.1, 0.15) is 11.6 Å². The van der Waals surface area contributed by atoms with Crippen molar-refractivity contribution in [3.8, 4) is 0 Å². The molecule has 1 unspecified atom stereocenters. The van der Waals surface area contributed by atoms with Crippen LogP contribution >= 0.6 is 0 Å². The van der Waals surface area contributed by atoms with Gasteiger partial charge < -0.3 is 10.6 Å². The zero-order valence-electron chi connectivity index (χ0n) is 12.3. The van der Waals surface area contributed by atoms with Crippen LogP contribution in [0.1, 0.15) is 25.6 Å². The lowest BCUT2D eigenvalue weighted by atomic mass is 10.3. The molecule has 1 saturated carbocycles. The first-order valence-electron chi connectivity index (χ1n) is 6.91. The molecule has 2 rings (SSSR count). The minimum atomic E-state index is -4.56. The summed E-state index contributed by atoms with van der Waals surface area (Å²) < 4.78 is 38.2. The third kappa shape index (κ3) is 4.20. The van der Waals surface area contributed by atoms with Gasteiger partial charge in [0.25, 0.3) is 0 Å². The number of nitrogens with one attached hydrogen (secondary N) is 2. The Morgan fingerprint density at radius 1 is 1.33 bits per heavy atom. The van der Waals surface area contributed by atoms with Crippen LogP contribution in [0.15, 0.2) is 6.07 Å². The quantitative estimate of drug-likeness (QED) is 0.845. The van der Waals surface area contributed by atoms with Gasteiger partial charge in [-0.2, -0.15) is 13.2 Å². The average Bonchev–Trinajstić information content (AvgIpc) is 3.27. The summed E-state index contributed by atoms with van der Waals surface area (Å²) in [5.74, 6) is -0.819. The van der Waals surface area contributed by atoms with E-state index in [1.165, 1.54) is 26.0 Å². The lowest BCUT2D eigenvalue weighted by Gasteiger charge is -2.25. The van der Waals surface area contributed by atoms with Crippen molar-refractivity contribution >= 4 is 11.6 Å². The lowest BCUT2D eigenvalue weighted by molar-refractivity contribution is -0.144. The minimum Gasteiger partial charge on any atom is -0.373 e. The number of hydrogen-bond donors (Lipinski definition) is 2. The summed E-state index contributed by atoms with van der Waals surface area (Å²) in [6.07, 6.45) is -2.17. The van der Waals surface area contributed by atoms with Crippen LogP contribution in [-0.2, 0) is 6.18 Å². The van der Waals surface area contributed by atoms with Gasteiger partial charge in [-0.05, 0) is 26.8 Å². The smallest absolute Gasteiger partial charge is 0.373 e. The van der Waals surface area contributed by atoms with Crippen LogP contribution in [0.2, 0.25) is 0 Å². The van der Waals surface area contributed by atoms with Gasteiger partial charge in [-0.15, -0.1) is 0 Å². The van der Waals surface area contributed by atoms with Crippen LogP contribution < -0.4 is 10.6 Å². The first kappa shape index (κ1) is 15.8. The average molecular weight is 303 g/mol.